The third-order valence-corrected chi connectivity index (χ3v) is 3.04. The summed E-state index contributed by atoms with van der Waals surface area (Å²) in [5, 5.41) is 0. The zero-order valence-corrected chi connectivity index (χ0v) is 11.6. The van der Waals surface area contributed by atoms with Gasteiger partial charge < -0.3 is 0 Å². The maximum atomic E-state index is 13.0. The third kappa shape index (κ3) is 4.49. The minimum Gasteiger partial charge on any atom is -0.294 e. The molecule has 0 aliphatic rings. The number of carbonyl (C=O) groups excluding carboxylic acids is 1. The molecule has 0 radical (unpaired) electrons. The Morgan fingerprint density at radius 3 is 2.05 bits per heavy atom. The smallest absolute Gasteiger partial charge is 0.294 e. The molecule has 0 heterocycles. The lowest BCUT2D eigenvalue weighted by Gasteiger charge is -2.14. The van der Waals surface area contributed by atoms with Crippen LogP contribution in [0.2, 0.25) is 0 Å². The largest absolute Gasteiger partial charge is 0.402 e. The molecule has 0 aliphatic heterocycles. The summed E-state index contributed by atoms with van der Waals surface area (Å²) in [4.78, 5) is 11.9. The lowest BCUT2D eigenvalue weighted by atomic mass is 9.97. The van der Waals surface area contributed by atoms with Crippen molar-refractivity contribution in [3.8, 4) is 11.8 Å². The van der Waals surface area contributed by atoms with E-state index in [2.05, 4.69) is 11.8 Å². The summed E-state index contributed by atoms with van der Waals surface area (Å²) in [6.07, 6.45) is -5.21. The van der Waals surface area contributed by atoms with Crippen LogP contribution in [0, 0.1) is 17.8 Å². The van der Waals surface area contributed by atoms with Gasteiger partial charge >= 0.3 is 6.18 Å². The number of hydrogen-bond acceptors (Lipinski definition) is 1. The molecule has 0 amide bonds. The average Bonchev–Trinajstić information content (AvgIpc) is 2.52. The number of halogens is 3. The first-order chi connectivity index (χ1) is 10.5. The van der Waals surface area contributed by atoms with Gasteiger partial charge in [-0.15, -0.1) is 0 Å². The van der Waals surface area contributed by atoms with Crippen molar-refractivity contribution in [3.05, 3.63) is 71.8 Å². The van der Waals surface area contributed by atoms with E-state index >= 15 is 0 Å². The molecule has 0 saturated carbocycles. The Balaban J connectivity index is 2.18. The van der Waals surface area contributed by atoms with Crippen molar-refractivity contribution < 1.29 is 18.0 Å². The molecule has 0 aromatic heterocycles. The summed E-state index contributed by atoms with van der Waals surface area (Å²) >= 11 is 0. The molecule has 0 fully saturated rings. The molecule has 1 unspecified atom stereocenters. The number of carbonyl (C=O) groups is 1. The van der Waals surface area contributed by atoms with Gasteiger partial charge in [-0.2, -0.15) is 13.2 Å². The van der Waals surface area contributed by atoms with Crippen molar-refractivity contribution in [1.82, 2.24) is 0 Å². The lowest BCUT2D eigenvalue weighted by molar-refractivity contribution is -0.157. The van der Waals surface area contributed by atoms with Gasteiger partial charge in [0.2, 0.25) is 0 Å². The topological polar surface area (TPSA) is 17.1 Å². The van der Waals surface area contributed by atoms with E-state index in [0.717, 1.165) is 0 Å². The molecular formula is C18H13F3O. The highest BCUT2D eigenvalue weighted by Crippen LogP contribution is 2.29. The molecule has 112 valence electrons. The summed E-state index contributed by atoms with van der Waals surface area (Å²) in [6.45, 7) is 0. The number of benzene rings is 2. The van der Waals surface area contributed by atoms with E-state index in [1.54, 1.807) is 48.5 Å². The molecule has 2 aromatic carbocycles. The van der Waals surface area contributed by atoms with Crippen LogP contribution in [0.5, 0.6) is 0 Å². The molecule has 0 bridgehead atoms. The fraction of sp³-hybridized carbons (Fsp3) is 0.167. The first-order valence-electron chi connectivity index (χ1n) is 6.68. The molecule has 1 atom stereocenters. The van der Waals surface area contributed by atoms with Gasteiger partial charge in [0.05, 0.1) is 0 Å². The first-order valence-corrected chi connectivity index (χ1v) is 6.68. The van der Waals surface area contributed by atoms with E-state index < -0.39 is 24.3 Å². The molecule has 1 nitrogen and oxygen atoms in total. The predicted octanol–water partition coefficient (Wildman–Crippen LogP) is 4.49. The fourth-order valence-electron chi connectivity index (χ4n) is 1.87. The molecule has 22 heavy (non-hydrogen) atoms. The second-order valence-electron chi connectivity index (χ2n) is 4.72. The maximum absolute atomic E-state index is 13.0. The first kappa shape index (κ1) is 15.8. The normalized spacial score (nSPS) is 12.1. The summed E-state index contributed by atoms with van der Waals surface area (Å²) in [7, 11) is 0. The highest BCUT2D eigenvalue weighted by Gasteiger charge is 2.39. The summed E-state index contributed by atoms with van der Waals surface area (Å²) < 4.78 is 39.1. The number of rotatable bonds is 3. The quantitative estimate of drug-likeness (QED) is 0.603. The minimum atomic E-state index is -4.54. The lowest BCUT2D eigenvalue weighted by Crippen LogP contribution is -2.24. The van der Waals surface area contributed by atoms with E-state index in [4.69, 9.17) is 0 Å². The van der Waals surface area contributed by atoms with Crippen LogP contribution in [-0.2, 0) is 0 Å². The Bertz CT molecular complexity index is 679. The number of hydrogen-bond donors (Lipinski definition) is 0. The van der Waals surface area contributed by atoms with Crippen LogP contribution in [-0.4, -0.2) is 12.0 Å². The van der Waals surface area contributed by atoms with Crippen LogP contribution in [0.15, 0.2) is 60.7 Å². The van der Waals surface area contributed by atoms with E-state index in [1.807, 2.05) is 0 Å². The van der Waals surface area contributed by atoms with Gasteiger partial charge in [0.25, 0.3) is 0 Å². The number of ketones is 1. The van der Waals surface area contributed by atoms with E-state index in [1.165, 1.54) is 12.1 Å². The fourth-order valence-corrected chi connectivity index (χ4v) is 1.87. The minimum absolute atomic E-state index is 0.262. The molecular weight excluding hydrogens is 289 g/mol. The van der Waals surface area contributed by atoms with Crippen LogP contribution in [0.4, 0.5) is 13.2 Å². The second kappa shape index (κ2) is 6.95. The van der Waals surface area contributed by atoms with Crippen LogP contribution in [0.25, 0.3) is 0 Å². The van der Waals surface area contributed by atoms with E-state index in [-0.39, 0.29) is 5.56 Å². The van der Waals surface area contributed by atoms with Crippen molar-refractivity contribution in [1.29, 1.82) is 0 Å². The van der Waals surface area contributed by atoms with Gasteiger partial charge in [-0.25, -0.2) is 0 Å². The van der Waals surface area contributed by atoms with Crippen molar-refractivity contribution in [3.63, 3.8) is 0 Å². The molecule has 4 heteroatoms. The number of Topliss-reactive ketones (excluding diaryl/α,β-unsaturated/α-hetero) is 1. The molecule has 2 aromatic rings. The summed E-state index contributed by atoms with van der Waals surface area (Å²) in [5.41, 5.74) is 0.752. The third-order valence-electron chi connectivity index (χ3n) is 3.04. The van der Waals surface area contributed by atoms with Gasteiger partial charge in [-0.1, -0.05) is 60.4 Å². The van der Waals surface area contributed by atoms with Crippen LogP contribution >= 0.6 is 0 Å². The highest BCUT2D eigenvalue weighted by atomic mass is 19.4. The molecule has 0 spiro atoms. The van der Waals surface area contributed by atoms with Crippen molar-refractivity contribution in [2.75, 3.05) is 0 Å². The van der Waals surface area contributed by atoms with Crippen molar-refractivity contribution >= 4 is 5.78 Å². The highest BCUT2D eigenvalue weighted by molar-refractivity contribution is 5.96. The molecule has 0 saturated heterocycles. The Kier molecular flexibility index (Phi) is 5.00. The van der Waals surface area contributed by atoms with E-state index in [0.29, 0.717) is 5.56 Å². The Morgan fingerprint density at radius 1 is 0.955 bits per heavy atom. The Hall–Kier alpha value is -2.54. The zero-order valence-electron chi connectivity index (χ0n) is 11.6. The summed E-state index contributed by atoms with van der Waals surface area (Å²) in [6, 6.07) is 16.3. The molecule has 0 N–H and O–H groups in total. The van der Waals surface area contributed by atoms with Gasteiger partial charge in [0.1, 0.15) is 5.92 Å². The SMILES string of the molecule is O=C(CC(C#Cc1ccccc1)C(F)(F)F)c1ccccc1. The Labute approximate surface area is 126 Å². The van der Waals surface area contributed by atoms with Gasteiger partial charge in [0, 0.05) is 17.5 Å². The maximum Gasteiger partial charge on any atom is 0.402 e. The monoisotopic (exact) mass is 302 g/mol. The zero-order chi connectivity index (χ0) is 16.0. The van der Waals surface area contributed by atoms with Crippen LogP contribution in [0.1, 0.15) is 22.3 Å². The average molecular weight is 302 g/mol. The standard InChI is InChI=1S/C18H13F3O/c19-18(20,21)16(12-11-14-7-3-1-4-8-14)13-17(22)15-9-5-2-6-10-15/h1-10,16H,13H2. The van der Waals surface area contributed by atoms with Crippen molar-refractivity contribution in [2.24, 2.45) is 5.92 Å². The summed E-state index contributed by atoms with van der Waals surface area (Å²) in [5.74, 6) is 2.13. The molecule has 0 aliphatic carbocycles. The predicted molar refractivity (Wildman–Crippen MR) is 78.3 cm³/mol. The van der Waals surface area contributed by atoms with Crippen LogP contribution in [0.3, 0.4) is 0 Å². The van der Waals surface area contributed by atoms with Crippen LogP contribution < -0.4 is 0 Å². The number of alkyl halides is 3. The Morgan fingerprint density at radius 2 is 1.50 bits per heavy atom. The van der Waals surface area contributed by atoms with Gasteiger partial charge in [-0.05, 0) is 12.1 Å². The van der Waals surface area contributed by atoms with Crippen molar-refractivity contribution in [2.45, 2.75) is 12.6 Å². The second-order valence-corrected chi connectivity index (χ2v) is 4.72. The van der Waals surface area contributed by atoms with E-state index in [9.17, 15) is 18.0 Å². The van der Waals surface area contributed by atoms with Gasteiger partial charge in [-0.3, -0.25) is 4.79 Å². The molecule has 2 rings (SSSR count). The van der Waals surface area contributed by atoms with Gasteiger partial charge in [0.15, 0.2) is 5.78 Å².